The number of nitrogens with zero attached hydrogens (tertiary/aromatic N) is 2. The molecule has 2 heterocycles. The minimum Gasteiger partial charge on any atom is -0.481 e. The van der Waals surface area contributed by atoms with E-state index in [0.717, 1.165) is 18.0 Å². The van der Waals surface area contributed by atoms with Crippen LogP contribution in [0.25, 0.3) is 0 Å². The van der Waals surface area contributed by atoms with Crippen LogP contribution in [0.1, 0.15) is 6.42 Å². The molecule has 1 aromatic rings. The molecule has 1 unspecified atom stereocenters. The molecule has 15 heavy (non-hydrogen) atoms. The molecular weight excluding hydrogens is 212 g/mol. The quantitative estimate of drug-likeness (QED) is 0.800. The highest BCUT2D eigenvalue weighted by Crippen LogP contribution is 2.22. The Labute approximate surface area is 92.8 Å². The van der Waals surface area contributed by atoms with Crippen LogP contribution < -0.4 is 15.8 Å². The van der Waals surface area contributed by atoms with Crippen molar-refractivity contribution in [3.05, 3.63) is 6.07 Å². The first-order valence-electron chi connectivity index (χ1n) is 4.81. The van der Waals surface area contributed by atoms with Gasteiger partial charge in [-0.2, -0.15) is 21.7 Å². The van der Waals surface area contributed by atoms with Crippen LogP contribution in [-0.2, 0) is 0 Å². The number of nitrogen functional groups attached to an aromatic ring is 1. The van der Waals surface area contributed by atoms with E-state index in [9.17, 15) is 0 Å². The lowest BCUT2D eigenvalue weighted by Gasteiger charge is -2.12. The fourth-order valence-corrected chi connectivity index (χ4v) is 2.63. The third-order valence-electron chi connectivity index (χ3n) is 2.21. The SMILES string of the molecule is COc1cc(NC2CCSC2)nc(N)n1. The molecule has 1 aliphatic heterocycles. The molecule has 0 aliphatic carbocycles. The number of thioether (sulfide) groups is 1. The summed E-state index contributed by atoms with van der Waals surface area (Å²) in [4.78, 5) is 8.04. The fraction of sp³-hybridized carbons (Fsp3) is 0.556. The first-order chi connectivity index (χ1) is 7.28. The first kappa shape index (κ1) is 10.4. The van der Waals surface area contributed by atoms with Crippen molar-refractivity contribution in [3.8, 4) is 5.88 Å². The molecule has 1 saturated heterocycles. The topological polar surface area (TPSA) is 73.1 Å². The molecule has 1 aromatic heterocycles. The zero-order valence-electron chi connectivity index (χ0n) is 8.56. The Morgan fingerprint density at radius 2 is 2.47 bits per heavy atom. The smallest absolute Gasteiger partial charge is 0.225 e. The molecule has 0 bridgehead atoms. The molecule has 6 heteroatoms. The van der Waals surface area contributed by atoms with Crippen LogP contribution in [0.15, 0.2) is 6.07 Å². The third-order valence-corrected chi connectivity index (χ3v) is 3.37. The van der Waals surface area contributed by atoms with Gasteiger partial charge in [-0.15, -0.1) is 0 Å². The van der Waals surface area contributed by atoms with E-state index in [2.05, 4.69) is 15.3 Å². The second kappa shape index (κ2) is 4.57. The number of anilines is 2. The van der Waals surface area contributed by atoms with Crippen LogP contribution in [0.2, 0.25) is 0 Å². The summed E-state index contributed by atoms with van der Waals surface area (Å²) in [6.45, 7) is 0. The Kier molecular flexibility index (Phi) is 3.15. The molecule has 0 amide bonds. The Balaban J connectivity index is 2.09. The van der Waals surface area contributed by atoms with Crippen LogP contribution in [0.5, 0.6) is 5.88 Å². The molecule has 1 aliphatic rings. The molecule has 3 N–H and O–H groups in total. The Bertz CT molecular complexity index is 341. The highest BCUT2D eigenvalue weighted by molar-refractivity contribution is 7.99. The summed E-state index contributed by atoms with van der Waals surface area (Å²) in [6.07, 6.45) is 1.16. The first-order valence-corrected chi connectivity index (χ1v) is 5.96. The van der Waals surface area contributed by atoms with Gasteiger partial charge in [0.2, 0.25) is 11.8 Å². The molecule has 0 saturated carbocycles. The van der Waals surface area contributed by atoms with Gasteiger partial charge in [0.25, 0.3) is 0 Å². The maximum absolute atomic E-state index is 5.56. The highest BCUT2D eigenvalue weighted by atomic mass is 32.2. The van der Waals surface area contributed by atoms with Crippen molar-refractivity contribution < 1.29 is 4.74 Å². The van der Waals surface area contributed by atoms with E-state index in [4.69, 9.17) is 10.5 Å². The predicted octanol–water partition coefficient (Wildman–Crippen LogP) is 0.985. The van der Waals surface area contributed by atoms with Crippen LogP contribution in [0.3, 0.4) is 0 Å². The molecule has 1 fully saturated rings. The molecule has 82 valence electrons. The van der Waals surface area contributed by atoms with Gasteiger partial charge in [0.1, 0.15) is 5.82 Å². The van der Waals surface area contributed by atoms with Crippen LogP contribution >= 0.6 is 11.8 Å². The molecule has 0 spiro atoms. The van der Waals surface area contributed by atoms with E-state index in [0.29, 0.717) is 11.9 Å². The largest absolute Gasteiger partial charge is 0.481 e. The summed E-state index contributed by atoms with van der Waals surface area (Å²) < 4.78 is 5.02. The minimum atomic E-state index is 0.238. The van der Waals surface area contributed by atoms with Gasteiger partial charge in [-0.25, -0.2) is 0 Å². The zero-order chi connectivity index (χ0) is 10.7. The third kappa shape index (κ3) is 2.65. The van der Waals surface area contributed by atoms with Gasteiger partial charge >= 0.3 is 0 Å². The van der Waals surface area contributed by atoms with Crippen molar-refractivity contribution in [1.29, 1.82) is 0 Å². The number of rotatable bonds is 3. The number of nitrogens with one attached hydrogen (secondary N) is 1. The van der Waals surface area contributed by atoms with Gasteiger partial charge < -0.3 is 15.8 Å². The average Bonchev–Trinajstić information content (AvgIpc) is 2.69. The number of ether oxygens (including phenoxy) is 1. The number of methoxy groups -OCH3 is 1. The molecule has 0 radical (unpaired) electrons. The Morgan fingerprint density at radius 1 is 1.60 bits per heavy atom. The van der Waals surface area contributed by atoms with E-state index < -0.39 is 0 Å². The van der Waals surface area contributed by atoms with E-state index in [1.54, 1.807) is 13.2 Å². The lowest BCUT2D eigenvalue weighted by molar-refractivity contribution is 0.398. The van der Waals surface area contributed by atoms with Crippen molar-refractivity contribution in [3.63, 3.8) is 0 Å². The van der Waals surface area contributed by atoms with Crippen LogP contribution in [0.4, 0.5) is 11.8 Å². The summed E-state index contributed by atoms with van der Waals surface area (Å²) in [5, 5.41) is 3.32. The zero-order valence-corrected chi connectivity index (χ0v) is 9.38. The van der Waals surface area contributed by atoms with Crippen molar-refractivity contribution >= 4 is 23.5 Å². The summed E-state index contributed by atoms with van der Waals surface area (Å²) >= 11 is 1.95. The molecule has 2 rings (SSSR count). The second-order valence-electron chi connectivity index (χ2n) is 3.36. The summed E-state index contributed by atoms with van der Waals surface area (Å²) in [7, 11) is 1.57. The molecule has 1 atom stereocenters. The maximum atomic E-state index is 5.56. The normalized spacial score (nSPS) is 20.2. The van der Waals surface area contributed by atoms with Gasteiger partial charge in [0.05, 0.1) is 7.11 Å². The summed E-state index contributed by atoms with van der Waals surface area (Å²) in [5.74, 6) is 3.80. The standard InChI is InChI=1S/C9H14N4OS/c1-14-8-4-7(12-9(10)13-8)11-6-2-3-15-5-6/h4,6H,2-3,5H2,1H3,(H3,10,11,12,13). The van der Waals surface area contributed by atoms with Crippen LogP contribution in [-0.4, -0.2) is 34.6 Å². The molecular formula is C9H14N4OS. The summed E-state index contributed by atoms with van der Waals surface area (Å²) in [5.41, 5.74) is 5.56. The predicted molar refractivity (Wildman–Crippen MR) is 62.3 cm³/mol. The van der Waals surface area contributed by atoms with Crippen molar-refractivity contribution in [2.45, 2.75) is 12.5 Å². The molecule has 0 aromatic carbocycles. The number of hydrogen-bond donors (Lipinski definition) is 2. The van der Waals surface area contributed by atoms with Crippen LogP contribution in [0, 0.1) is 0 Å². The van der Waals surface area contributed by atoms with E-state index in [-0.39, 0.29) is 5.95 Å². The van der Waals surface area contributed by atoms with Gasteiger partial charge in [-0.1, -0.05) is 0 Å². The lowest BCUT2D eigenvalue weighted by Crippen LogP contribution is -2.19. The van der Waals surface area contributed by atoms with E-state index in [1.165, 1.54) is 5.75 Å². The maximum Gasteiger partial charge on any atom is 0.225 e. The Hall–Kier alpha value is -1.17. The average molecular weight is 226 g/mol. The molecule has 5 nitrogen and oxygen atoms in total. The van der Waals surface area contributed by atoms with Crippen molar-refractivity contribution in [2.24, 2.45) is 0 Å². The van der Waals surface area contributed by atoms with Gasteiger partial charge in [0, 0.05) is 17.9 Å². The van der Waals surface area contributed by atoms with Gasteiger partial charge in [-0.3, -0.25) is 0 Å². The van der Waals surface area contributed by atoms with E-state index in [1.807, 2.05) is 11.8 Å². The lowest BCUT2D eigenvalue weighted by atomic mass is 10.2. The number of aromatic nitrogens is 2. The fourth-order valence-electron chi connectivity index (χ4n) is 1.48. The van der Waals surface area contributed by atoms with Gasteiger partial charge in [0.15, 0.2) is 0 Å². The Morgan fingerprint density at radius 3 is 3.13 bits per heavy atom. The van der Waals surface area contributed by atoms with Gasteiger partial charge in [-0.05, 0) is 12.2 Å². The highest BCUT2D eigenvalue weighted by Gasteiger charge is 2.16. The number of hydrogen-bond acceptors (Lipinski definition) is 6. The second-order valence-corrected chi connectivity index (χ2v) is 4.51. The summed E-state index contributed by atoms with van der Waals surface area (Å²) in [6, 6.07) is 2.24. The minimum absolute atomic E-state index is 0.238. The van der Waals surface area contributed by atoms with E-state index >= 15 is 0 Å². The number of nitrogens with two attached hydrogens (primary N) is 1. The van der Waals surface area contributed by atoms with Crippen molar-refractivity contribution in [1.82, 2.24) is 9.97 Å². The van der Waals surface area contributed by atoms with Crippen molar-refractivity contribution in [2.75, 3.05) is 29.7 Å². The monoisotopic (exact) mass is 226 g/mol.